The van der Waals surface area contributed by atoms with E-state index in [1.54, 1.807) is 0 Å². The van der Waals surface area contributed by atoms with E-state index in [4.69, 9.17) is 5.73 Å². The van der Waals surface area contributed by atoms with Gasteiger partial charge in [-0.3, -0.25) is 4.79 Å². The number of carbonyl (C=O) groups is 1. The lowest BCUT2D eigenvalue weighted by molar-refractivity contribution is -0.122. The van der Waals surface area contributed by atoms with Crippen molar-refractivity contribution in [3.8, 4) is 0 Å². The van der Waals surface area contributed by atoms with E-state index in [1.165, 1.54) is 0 Å². The molecule has 10 heavy (non-hydrogen) atoms. The standard InChI is InChI=1S/C7H14N2O/c1-5-3-2-4-6(8)7(10)9-5/h5-6H,2-4,8H2,1H3,(H,9,10)/t5-,6-/m0/s1. The summed E-state index contributed by atoms with van der Waals surface area (Å²) in [4.78, 5) is 11.0. The van der Waals surface area contributed by atoms with Crippen LogP contribution >= 0.6 is 0 Å². The van der Waals surface area contributed by atoms with E-state index in [-0.39, 0.29) is 11.9 Å². The smallest absolute Gasteiger partial charge is 0.237 e. The zero-order chi connectivity index (χ0) is 7.56. The molecule has 0 saturated carbocycles. The van der Waals surface area contributed by atoms with Crippen LogP contribution < -0.4 is 11.1 Å². The molecule has 0 aliphatic carbocycles. The van der Waals surface area contributed by atoms with Crippen molar-refractivity contribution in [2.45, 2.75) is 38.3 Å². The van der Waals surface area contributed by atoms with Crippen LogP contribution in [0.1, 0.15) is 26.2 Å². The Hall–Kier alpha value is -0.570. The highest BCUT2D eigenvalue weighted by Crippen LogP contribution is 2.07. The minimum atomic E-state index is -0.273. The van der Waals surface area contributed by atoms with E-state index in [0.29, 0.717) is 6.04 Å². The van der Waals surface area contributed by atoms with Crippen LogP contribution in [0.5, 0.6) is 0 Å². The van der Waals surface area contributed by atoms with Gasteiger partial charge in [0.2, 0.25) is 5.91 Å². The summed E-state index contributed by atoms with van der Waals surface area (Å²) in [5, 5.41) is 2.83. The van der Waals surface area contributed by atoms with Gasteiger partial charge < -0.3 is 11.1 Å². The van der Waals surface area contributed by atoms with Crippen molar-refractivity contribution in [2.75, 3.05) is 0 Å². The first kappa shape index (κ1) is 7.54. The molecule has 0 spiro atoms. The molecule has 58 valence electrons. The lowest BCUT2D eigenvalue weighted by atomic mass is 10.1. The molecule has 0 aromatic carbocycles. The molecule has 3 nitrogen and oxygen atoms in total. The SMILES string of the molecule is C[C@H]1CCC[C@H](N)C(=O)N1. The fourth-order valence-corrected chi connectivity index (χ4v) is 1.20. The number of nitrogens with one attached hydrogen (secondary N) is 1. The van der Waals surface area contributed by atoms with E-state index >= 15 is 0 Å². The average Bonchev–Trinajstić information content (AvgIpc) is 1.96. The molecule has 0 aromatic heterocycles. The zero-order valence-corrected chi connectivity index (χ0v) is 6.26. The van der Waals surface area contributed by atoms with E-state index in [2.05, 4.69) is 5.32 Å². The van der Waals surface area contributed by atoms with Crippen molar-refractivity contribution in [1.29, 1.82) is 0 Å². The second-order valence-corrected chi connectivity index (χ2v) is 2.95. The van der Waals surface area contributed by atoms with E-state index in [0.717, 1.165) is 19.3 Å². The van der Waals surface area contributed by atoms with Crippen molar-refractivity contribution < 1.29 is 4.79 Å². The summed E-state index contributed by atoms with van der Waals surface area (Å²) < 4.78 is 0. The van der Waals surface area contributed by atoms with Crippen LogP contribution in [-0.2, 0) is 4.79 Å². The molecule has 0 unspecified atom stereocenters. The van der Waals surface area contributed by atoms with Gasteiger partial charge in [-0.2, -0.15) is 0 Å². The van der Waals surface area contributed by atoms with Crippen LogP contribution in [0.25, 0.3) is 0 Å². The largest absolute Gasteiger partial charge is 0.352 e. The molecule has 1 aliphatic rings. The molecule has 3 N–H and O–H groups in total. The number of hydrogen-bond acceptors (Lipinski definition) is 2. The molecular formula is C7H14N2O. The van der Waals surface area contributed by atoms with Gasteiger partial charge in [-0.15, -0.1) is 0 Å². The van der Waals surface area contributed by atoms with E-state index < -0.39 is 0 Å². The van der Waals surface area contributed by atoms with Gasteiger partial charge in [0.05, 0.1) is 6.04 Å². The van der Waals surface area contributed by atoms with E-state index in [1.807, 2.05) is 6.92 Å². The first-order valence-corrected chi connectivity index (χ1v) is 3.76. The molecule has 0 radical (unpaired) electrons. The monoisotopic (exact) mass is 142 g/mol. The van der Waals surface area contributed by atoms with Crippen molar-refractivity contribution in [1.82, 2.24) is 5.32 Å². The van der Waals surface area contributed by atoms with E-state index in [9.17, 15) is 4.79 Å². The Labute approximate surface area is 61.0 Å². The normalized spacial score (nSPS) is 34.8. The number of carbonyl (C=O) groups excluding carboxylic acids is 1. The minimum absolute atomic E-state index is 0.00463. The van der Waals surface area contributed by atoms with Crippen molar-refractivity contribution in [3.05, 3.63) is 0 Å². The molecular weight excluding hydrogens is 128 g/mol. The quantitative estimate of drug-likeness (QED) is 0.500. The third-order valence-electron chi connectivity index (χ3n) is 1.88. The van der Waals surface area contributed by atoms with Gasteiger partial charge in [-0.05, 0) is 26.2 Å². The third-order valence-corrected chi connectivity index (χ3v) is 1.88. The van der Waals surface area contributed by atoms with Gasteiger partial charge in [-0.25, -0.2) is 0 Å². The van der Waals surface area contributed by atoms with Crippen LogP contribution in [0.15, 0.2) is 0 Å². The highest BCUT2D eigenvalue weighted by atomic mass is 16.2. The van der Waals surface area contributed by atoms with Crippen LogP contribution in [0.2, 0.25) is 0 Å². The second kappa shape index (κ2) is 3.01. The Kier molecular flexibility index (Phi) is 2.27. The predicted octanol–water partition coefficient (Wildman–Crippen LogP) is 0.00230. The maximum absolute atomic E-state index is 11.0. The maximum atomic E-state index is 11.0. The summed E-state index contributed by atoms with van der Waals surface area (Å²) in [6.45, 7) is 2.01. The fourth-order valence-electron chi connectivity index (χ4n) is 1.20. The van der Waals surface area contributed by atoms with Gasteiger partial charge in [0.1, 0.15) is 0 Å². The number of rotatable bonds is 0. The Morgan fingerprint density at radius 2 is 2.30 bits per heavy atom. The summed E-state index contributed by atoms with van der Waals surface area (Å²) in [5.74, 6) is 0.00463. The zero-order valence-electron chi connectivity index (χ0n) is 6.26. The van der Waals surface area contributed by atoms with Gasteiger partial charge in [-0.1, -0.05) is 0 Å². The lowest BCUT2D eigenvalue weighted by Crippen LogP contribution is -2.41. The molecule has 0 bridgehead atoms. The fraction of sp³-hybridized carbons (Fsp3) is 0.857. The Balaban J connectivity index is 2.49. The highest BCUT2D eigenvalue weighted by molar-refractivity contribution is 5.81. The summed E-state index contributed by atoms with van der Waals surface area (Å²) >= 11 is 0. The molecule has 1 fully saturated rings. The molecule has 3 heteroatoms. The van der Waals surface area contributed by atoms with Gasteiger partial charge in [0.15, 0.2) is 0 Å². The van der Waals surface area contributed by atoms with Gasteiger partial charge in [0.25, 0.3) is 0 Å². The van der Waals surface area contributed by atoms with Crippen LogP contribution in [0.3, 0.4) is 0 Å². The predicted molar refractivity (Wildman–Crippen MR) is 39.4 cm³/mol. The molecule has 1 heterocycles. The minimum Gasteiger partial charge on any atom is -0.352 e. The van der Waals surface area contributed by atoms with Crippen LogP contribution in [0, 0.1) is 0 Å². The number of hydrogen-bond donors (Lipinski definition) is 2. The molecule has 2 atom stereocenters. The van der Waals surface area contributed by atoms with Gasteiger partial charge in [0, 0.05) is 6.04 Å². The van der Waals surface area contributed by atoms with Crippen molar-refractivity contribution >= 4 is 5.91 Å². The lowest BCUT2D eigenvalue weighted by Gasteiger charge is -2.09. The van der Waals surface area contributed by atoms with Crippen LogP contribution in [-0.4, -0.2) is 18.0 Å². The van der Waals surface area contributed by atoms with Crippen molar-refractivity contribution in [2.24, 2.45) is 5.73 Å². The topological polar surface area (TPSA) is 55.1 Å². The highest BCUT2D eigenvalue weighted by Gasteiger charge is 2.18. The number of amides is 1. The Morgan fingerprint density at radius 3 is 3.00 bits per heavy atom. The Bertz CT molecular complexity index is 136. The maximum Gasteiger partial charge on any atom is 0.237 e. The second-order valence-electron chi connectivity index (χ2n) is 2.95. The molecule has 1 saturated heterocycles. The van der Waals surface area contributed by atoms with Gasteiger partial charge >= 0.3 is 0 Å². The van der Waals surface area contributed by atoms with Crippen molar-refractivity contribution in [3.63, 3.8) is 0 Å². The average molecular weight is 142 g/mol. The Morgan fingerprint density at radius 1 is 1.60 bits per heavy atom. The summed E-state index contributed by atoms with van der Waals surface area (Å²) in [5.41, 5.74) is 5.53. The summed E-state index contributed by atoms with van der Waals surface area (Å²) in [6, 6.07) is 0.0333. The summed E-state index contributed by atoms with van der Waals surface area (Å²) in [6.07, 6.45) is 2.94. The molecule has 0 aromatic rings. The molecule has 1 aliphatic heterocycles. The molecule has 1 rings (SSSR count). The third kappa shape index (κ3) is 1.70. The first-order chi connectivity index (χ1) is 4.70. The first-order valence-electron chi connectivity index (χ1n) is 3.76. The molecule has 1 amide bonds. The number of nitrogens with two attached hydrogens (primary N) is 1. The van der Waals surface area contributed by atoms with Crippen LogP contribution in [0.4, 0.5) is 0 Å². The summed E-state index contributed by atoms with van der Waals surface area (Å²) in [7, 11) is 0.